The fourth-order valence-corrected chi connectivity index (χ4v) is 3.13. The van der Waals surface area contributed by atoms with Gasteiger partial charge >= 0.3 is 57.1 Å². The molecule has 1 heterocycles. The topological polar surface area (TPSA) is 64.0 Å². The van der Waals surface area contributed by atoms with Gasteiger partial charge in [-0.1, -0.05) is 41.4 Å². The van der Waals surface area contributed by atoms with E-state index in [2.05, 4.69) is 10.3 Å². The molecule has 3 rings (SSSR count). The van der Waals surface area contributed by atoms with E-state index in [-0.39, 0.29) is 62.4 Å². The molecule has 0 aliphatic rings. The van der Waals surface area contributed by atoms with Crippen LogP contribution >= 0.6 is 34.7 Å². The predicted octanol–water partition coefficient (Wildman–Crippen LogP) is 3.26. The number of benzene rings is 2. The number of aromatic nitrogens is 2. The molecular weight excluding hydrogens is 408 g/mol. The summed E-state index contributed by atoms with van der Waals surface area (Å²) >= 11 is 12.8. The summed E-state index contributed by atoms with van der Waals surface area (Å²) in [6, 6.07) is 13.7. The van der Waals surface area contributed by atoms with Crippen LogP contribution in [0.5, 0.6) is 0 Å². The molecule has 3 aromatic rings. The summed E-state index contributed by atoms with van der Waals surface area (Å²) in [5.41, 5.74) is 0.892. The Hall–Kier alpha value is -0.514. The molecule has 0 bridgehead atoms. The quantitative estimate of drug-likeness (QED) is 0.659. The zero-order chi connectivity index (χ0) is 17.1. The maximum absolute atomic E-state index is 12.2. The Kier molecular flexibility index (Phi) is 7.84. The van der Waals surface area contributed by atoms with E-state index in [1.165, 1.54) is 3.96 Å². The Morgan fingerprint density at radius 2 is 1.84 bits per heavy atom. The molecule has 5 nitrogen and oxygen atoms in total. The standard InChI is InChI=1S/C16H11Cl2N3O2S.K.H/c17-12-6-4-10(5-7-12)9-21-16(23)20-15(24-21)19-14(22)11-2-1-3-13(18)8-11;;/h1-8H,9H2,(H,19,20,22,23);;. The van der Waals surface area contributed by atoms with E-state index in [9.17, 15) is 9.59 Å². The van der Waals surface area contributed by atoms with Gasteiger partial charge in [-0.15, -0.1) is 0 Å². The Labute approximate surface area is 200 Å². The van der Waals surface area contributed by atoms with E-state index >= 15 is 0 Å². The van der Waals surface area contributed by atoms with Gasteiger partial charge in [-0.05, 0) is 47.4 Å². The summed E-state index contributed by atoms with van der Waals surface area (Å²) in [5, 5.41) is 3.94. The van der Waals surface area contributed by atoms with Crippen molar-refractivity contribution in [3.8, 4) is 0 Å². The summed E-state index contributed by atoms with van der Waals surface area (Å²) in [6.07, 6.45) is 0. The Morgan fingerprint density at radius 1 is 1.12 bits per heavy atom. The van der Waals surface area contributed by atoms with Crippen LogP contribution in [-0.4, -0.2) is 66.2 Å². The number of hydrogen-bond donors (Lipinski definition) is 1. The molecule has 1 N–H and O–H groups in total. The van der Waals surface area contributed by atoms with Crippen LogP contribution in [0.15, 0.2) is 53.3 Å². The predicted molar refractivity (Wildman–Crippen MR) is 103 cm³/mol. The molecule has 0 spiro atoms. The van der Waals surface area contributed by atoms with Crippen molar-refractivity contribution in [2.24, 2.45) is 0 Å². The third kappa shape index (κ3) is 5.73. The molecule has 0 unspecified atom stereocenters. The van der Waals surface area contributed by atoms with Gasteiger partial charge in [0.25, 0.3) is 5.91 Å². The van der Waals surface area contributed by atoms with Crippen LogP contribution in [0.1, 0.15) is 15.9 Å². The number of amides is 1. The van der Waals surface area contributed by atoms with Crippen LogP contribution < -0.4 is 11.0 Å². The average Bonchev–Trinajstić information content (AvgIpc) is 2.89. The Balaban J connectivity index is 0.00000225. The fourth-order valence-electron chi connectivity index (χ4n) is 2.01. The first-order chi connectivity index (χ1) is 11.5. The van der Waals surface area contributed by atoms with Crippen LogP contribution in [0, 0.1) is 0 Å². The van der Waals surface area contributed by atoms with Crippen LogP contribution in [0.3, 0.4) is 0 Å². The monoisotopic (exact) mass is 419 g/mol. The summed E-state index contributed by atoms with van der Waals surface area (Å²) in [7, 11) is 0. The van der Waals surface area contributed by atoms with Crippen molar-refractivity contribution in [1.82, 2.24) is 8.94 Å². The van der Waals surface area contributed by atoms with Crippen LogP contribution in [-0.2, 0) is 6.54 Å². The van der Waals surface area contributed by atoms with Gasteiger partial charge in [0.1, 0.15) is 0 Å². The van der Waals surface area contributed by atoms with E-state index < -0.39 is 5.69 Å². The van der Waals surface area contributed by atoms with Gasteiger partial charge in [-0.3, -0.25) is 10.1 Å². The van der Waals surface area contributed by atoms with Crippen molar-refractivity contribution >= 4 is 97.2 Å². The first-order valence-corrected chi connectivity index (χ1v) is 8.44. The molecule has 25 heavy (non-hydrogen) atoms. The first-order valence-electron chi connectivity index (χ1n) is 6.91. The van der Waals surface area contributed by atoms with Crippen molar-refractivity contribution in [2.75, 3.05) is 5.32 Å². The minimum atomic E-state index is -0.420. The molecule has 0 saturated carbocycles. The van der Waals surface area contributed by atoms with E-state index in [1.807, 2.05) is 12.1 Å². The zero-order valence-corrected chi connectivity index (χ0v) is 14.5. The number of nitrogens with one attached hydrogen (secondary N) is 1. The Bertz CT molecular complexity index is 941. The van der Waals surface area contributed by atoms with Gasteiger partial charge in [0.05, 0.1) is 6.54 Å². The molecule has 0 radical (unpaired) electrons. The molecule has 0 aliphatic heterocycles. The second-order valence-electron chi connectivity index (χ2n) is 4.92. The van der Waals surface area contributed by atoms with E-state index in [1.54, 1.807) is 36.4 Å². The molecule has 2 aromatic carbocycles. The van der Waals surface area contributed by atoms with Gasteiger partial charge in [0, 0.05) is 15.6 Å². The number of carbonyl (C=O) groups is 1. The first kappa shape index (κ1) is 20.8. The normalized spacial score (nSPS) is 10.2. The number of hydrogen-bond acceptors (Lipinski definition) is 4. The molecule has 9 heteroatoms. The molecule has 1 aromatic heterocycles. The van der Waals surface area contributed by atoms with E-state index in [4.69, 9.17) is 23.2 Å². The molecule has 0 fully saturated rings. The van der Waals surface area contributed by atoms with E-state index in [0.717, 1.165) is 17.1 Å². The number of nitrogens with zero attached hydrogens (tertiary/aromatic N) is 2. The number of halogens is 2. The van der Waals surface area contributed by atoms with Crippen LogP contribution in [0.4, 0.5) is 5.13 Å². The van der Waals surface area contributed by atoms with Crippen molar-refractivity contribution < 1.29 is 4.79 Å². The van der Waals surface area contributed by atoms with Gasteiger partial charge in [-0.25, -0.2) is 8.75 Å². The Morgan fingerprint density at radius 3 is 2.52 bits per heavy atom. The SMILES string of the molecule is O=C(Nc1nc(=O)n(Cc2ccc(Cl)cc2)s1)c1cccc(Cl)c1.[KH]. The number of rotatable bonds is 4. The molecule has 0 atom stereocenters. The van der Waals surface area contributed by atoms with Crippen molar-refractivity contribution in [2.45, 2.75) is 6.54 Å². The number of anilines is 1. The second-order valence-corrected chi connectivity index (χ2v) is 6.80. The van der Waals surface area contributed by atoms with Gasteiger partial charge < -0.3 is 0 Å². The second kappa shape index (κ2) is 9.43. The van der Waals surface area contributed by atoms with Gasteiger partial charge in [0.15, 0.2) is 0 Å². The summed E-state index contributed by atoms with van der Waals surface area (Å²) in [4.78, 5) is 27.9. The fraction of sp³-hybridized carbons (Fsp3) is 0.0625. The van der Waals surface area contributed by atoms with Crippen molar-refractivity contribution in [3.05, 3.63) is 80.2 Å². The van der Waals surface area contributed by atoms with Gasteiger partial charge in [0.2, 0.25) is 5.13 Å². The average molecular weight is 420 g/mol. The number of carbonyl (C=O) groups excluding carboxylic acids is 1. The van der Waals surface area contributed by atoms with Crippen LogP contribution in [0.25, 0.3) is 0 Å². The molecular formula is C16H12Cl2KN3O2S. The van der Waals surface area contributed by atoms with Crippen LogP contribution in [0.2, 0.25) is 10.0 Å². The summed E-state index contributed by atoms with van der Waals surface area (Å²) in [6.45, 7) is 0.362. The zero-order valence-electron chi connectivity index (χ0n) is 12.2. The summed E-state index contributed by atoms with van der Waals surface area (Å²) in [5.74, 6) is -0.370. The van der Waals surface area contributed by atoms with Crippen molar-refractivity contribution in [3.63, 3.8) is 0 Å². The molecule has 0 saturated heterocycles. The summed E-state index contributed by atoms with van der Waals surface area (Å²) < 4.78 is 1.46. The minimum absolute atomic E-state index is 0. The third-order valence-corrected chi connectivity index (χ3v) is 4.51. The third-order valence-electron chi connectivity index (χ3n) is 3.15. The van der Waals surface area contributed by atoms with E-state index in [0.29, 0.717) is 22.2 Å². The van der Waals surface area contributed by atoms with Crippen molar-refractivity contribution in [1.29, 1.82) is 0 Å². The molecule has 1 amide bonds. The maximum atomic E-state index is 12.2. The molecule has 124 valence electrons. The molecule has 0 aliphatic carbocycles. The van der Waals surface area contributed by atoms with Gasteiger partial charge in [-0.2, -0.15) is 4.98 Å².